The average molecular weight is 435 g/mol. The van der Waals surface area contributed by atoms with Crippen molar-refractivity contribution < 1.29 is 4.79 Å². The van der Waals surface area contributed by atoms with E-state index in [-0.39, 0.29) is 5.91 Å². The fourth-order valence-corrected chi connectivity index (χ4v) is 5.43. The summed E-state index contributed by atoms with van der Waals surface area (Å²) in [5.41, 5.74) is 2.81. The van der Waals surface area contributed by atoms with Crippen LogP contribution in [0.15, 0.2) is 63.9 Å². The van der Waals surface area contributed by atoms with Crippen molar-refractivity contribution in [3.63, 3.8) is 0 Å². The number of para-hydroxylation sites is 1. The van der Waals surface area contributed by atoms with E-state index in [4.69, 9.17) is 5.10 Å². The summed E-state index contributed by atoms with van der Waals surface area (Å²) in [4.78, 5) is 21.0. The van der Waals surface area contributed by atoms with Crippen LogP contribution in [0.25, 0.3) is 22.3 Å². The van der Waals surface area contributed by atoms with Crippen LogP contribution in [0.3, 0.4) is 0 Å². The van der Waals surface area contributed by atoms with E-state index >= 15 is 0 Å². The van der Waals surface area contributed by atoms with E-state index in [0.717, 1.165) is 40.1 Å². The number of thiophene rings is 1. The third-order valence-corrected chi connectivity index (χ3v) is 7.21. The molecule has 1 aromatic carbocycles. The van der Waals surface area contributed by atoms with Crippen molar-refractivity contribution in [2.45, 2.75) is 25.7 Å². The highest BCUT2D eigenvalue weighted by molar-refractivity contribution is 8.18. The average Bonchev–Trinajstić information content (AvgIpc) is 3.46. The van der Waals surface area contributed by atoms with E-state index in [1.54, 1.807) is 11.3 Å². The highest BCUT2D eigenvalue weighted by Crippen LogP contribution is 2.35. The first kappa shape index (κ1) is 19.3. The number of likely N-dealkylation sites (tertiary alicyclic amines) is 1. The number of amides is 1. The highest BCUT2D eigenvalue weighted by Gasteiger charge is 2.27. The molecule has 152 valence electrons. The third kappa shape index (κ3) is 4.00. The van der Waals surface area contributed by atoms with Crippen molar-refractivity contribution in [1.82, 2.24) is 14.7 Å². The summed E-state index contributed by atoms with van der Waals surface area (Å²) >= 11 is 3.14. The number of rotatable bonds is 3. The molecule has 0 spiro atoms. The van der Waals surface area contributed by atoms with Crippen LogP contribution in [-0.2, 0) is 4.79 Å². The number of amidine groups is 1. The predicted molar refractivity (Wildman–Crippen MR) is 125 cm³/mol. The zero-order chi connectivity index (χ0) is 20.3. The Labute approximate surface area is 184 Å². The quantitative estimate of drug-likeness (QED) is 0.515. The number of hydrogen-bond acceptors (Lipinski definition) is 5. The van der Waals surface area contributed by atoms with Gasteiger partial charge in [-0.25, -0.2) is 4.68 Å². The summed E-state index contributed by atoms with van der Waals surface area (Å²) in [7, 11) is 0. The molecule has 0 atom stereocenters. The molecule has 1 amide bonds. The molecule has 0 aliphatic carbocycles. The number of nitrogens with zero attached hydrogens (tertiary/aromatic N) is 4. The first-order valence-corrected chi connectivity index (χ1v) is 11.9. The van der Waals surface area contributed by atoms with Gasteiger partial charge in [-0.05, 0) is 54.3 Å². The molecule has 2 aromatic heterocycles. The topological polar surface area (TPSA) is 50.5 Å². The van der Waals surface area contributed by atoms with E-state index in [9.17, 15) is 4.79 Å². The normalized spacial score (nSPS) is 18.7. The zero-order valence-corrected chi connectivity index (χ0v) is 18.2. The first-order chi connectivity index (χ1) is 14.8. The fraction of sp³-hybridized carbons (Fsp3) is 0.261. The predicted octanol–water partition coefficient (Wildman–Crippen LogP) is 5.45. The van der Waals surface area contributed by atoms with E-state index in [1.165, 1.54) is 37.4 Å². The molecule has 0 N–H and O–H groups in total. The molecule has 7 heteroatoms. The summed E-state index contributed by atoms with van der Waals surface area (Å²) < 4.78 is 1.88. The molecule has 5 rings (SSSR count). The van der Waals surface area contributed by atoms with Crippen LogP contribution in [0.1, 0.15) is 31.2 Å². The van der Waals surface area contributed by atoms with Gasteiger partial charge in [0.25, 0.3) is 5.91 Å². The minimum absolute atomic E-state index is 0.149. The Balaban J connectivity index is 1.47. The Bertz CT molecular complexity index is 1090. The summed E-state index contributed by atoms with van der Waals surface area (Å²) in [5, 5.41) is 7.72. The van der Waals surface area contributed by atoms with Gasteiger partial charge in [-0.15, -0.1) is 11.3 Å². The Kier molecular flexibility index (Phi) is 5.55. The highest BCUT2D eigenvalue weighted by atomic mass is 32.2. The molecule has 3 aromatic rings. The van der Waals surface area contributed by atoms with E-state index in [1.807, 2.05) is 58.7 Å². The molecule has 5 nitrogen and oxygen atoms in total. The lowest BCUT2D eigenvalue weighted by molar-refractivity contribution is -0.113. The molecule has 0 saturated carbocycles. The van der Waals surface area contributed by atoms with Gasteiger partial charge in [-0.3, -0.25) is 4.79 Å². The Morgan fingerprint density at radius 2 is 1.77 bits per heavy atom. The van der Waals surface area contributed by atoms with Crippen LogP contribution >= 0.6 is 23.1 Å². The SMILES string of the molecule is O=C1N=C(N2CCCCCC2)S/C1=C\c1cn(-c2ccccc2)nc1-c1cccs1. The van der Waals surface area contributed by atoms with Gasteiger partial charge in [-0.1, -0.05) is 37.1 Å². The Hall–Kier alpha value is -2.64. The number of benzene rings is 1. The van der Waals surface area contributed by atoms with Gasteiger partial charge < -0.3 is 4.90 Å². The van der Waals surface area contributed by atoms with E-state index in [0.29, 0.717) is 4.91 Å². The number of hydrogen-bond donors (Lipinski definition) is 0. The van der Waals surface area contributed by atoms with Gasteiger partial charge in [0.1, 0.15) is 5.69 Å². The smallest absolute Gasteiger partial charge is 0.286 e. The minimum Gasteiger partial charge on any atom is -0.351 e. The van der Waals surface area contributed by atoms with Crippen LogP contribution in [0.2, 0.25) is 0 Å². The molecule has 0 unspecified atom stereocenters. The molecule has 0 radical (unpaired) electrons. The number of thioether (sulfide) groups is 1. The second-order valence-corrected chi connectivity index (χ2v) is 9.36. The molecule has 0 bridgehead atoms. The molecule has 4 heterocycles. The minimum atomic E-state index is -0.149. The van der Waals surface area contributed by atoms with Crippen molar-refractivity contribution in [1.29, 1.82) is 0 Å². The molecular formula is C23H22N4OS2. The molecular weight excluding hydrogens is 412 g/mol. The lowest BCUT2D eigenvalue weighted by Crippen LogP contribution is -2.28. The summed E-state index contributed by atoms with van der Waals surface area (Å²) in [5.74, 6) is -0.149. The Morgan fingerprint density at radius 3 is 2.50 bits per heavy atom. The lowest BCUT2D eigenvalue weighted by atomic mass is 10.2. The third-order valence-electron chi connectivity index (χ3n) is 5.29. The largest absolute Gasteiger partial charge is 0.351 e. The van der Waals surface area contributed by atoms with Gasteiger partial charge in [-0.2, -0.15) is 10.1 Å². The van der Waals surface area contributed by atoms with E-state index < -0.39 is 0 Å². The van der Waals surface area contributed by atoms with Crippen molar-refractivity contribution in [2.24, 2.45) is 4.99 Å². The monoisotopic (exact) mass is 434 g/mol. The van der Waals surface area contributed by atoms with Crippen molar-refractivity contribution in [3.05, 3.63) is 64.5 Å². The molecule has 2 aliphatic heterocycles. The van der Waals surface area contributed by atoms with Gasteiger partial charge in [0, 0.05) is 24.8 Å². The van der Waals surface area contributed by atoms with Gasteiger partial charge in [0.05, 0.1) is 15.5 Å². The molecule has 1 saturated heterocycles. The zero-order valence-electron chi connectivity index (χ0n) is 16.5. The molecule has 2 aliphatic rings. The summed E-state index contributed by atoms with van der Waals surface area (Å²) in [6, 6.07) is 14.1. The first-order valence-electron chi connectivity index (χ1n) is 10.2. The maximum Gasteiger partial charge on any atom is 0.286 e. The van der Waals surface area contributed by atoms with Gasteiger partial charge in [0.2, 0.25) is 0 Å². The standard InChI is InChI=1S/C23H22N4OS2/c28-22-20(30-23(24-22)26-12-6-1-2-7-13-26)15-17-16-27(18-9-4-3-5-10-18)25-21(17)19-11-8-14-29-19/h3-5,8-11,14-16H,1-2,6-7,12-13H2/b20-15-. The number of aliphatic imine (C=N–C) groups is 1. The molecule has 1 fully saturated rings. The van der Waals surface area contributed by atoms with Crippen LogP contribution in [0.4, 0.5) is 0 Å². The second-order valence-electron chi connectivity index (χ2n) is 7.40. The fourth-order valence-electron chi connectivity index (χ4n) is 3.75. The van der Waals surface area contributed by atoms with Crippen molar-refractivity contribution in [2.75, 3.05) is 13.1 Å². The van der Waals surface area contributed by atoms with Gasteiger partial charge in [0.15, 0.2) is 5.17 Å². The summed E-state index contributed by atoms with van der Waals surface area (Å²) in [6.45, 7) is 1.97. The van der Waals surface area contributed by atoms with Crippen molar-refractivity contribution in [3.8, 4) is 16.3 Å². The van der Waals surface area contributed by atoms with Gasteiger partial charge >= 0.3 is 0 Å². The number of carbonyl (C=O) groups excluding carboxylic acids is 1. The summed E-state index contributed by atoms with van der Waals surface area (Å²) in [6.07, 6.45) is 8.79. The number of aromatic nitrogens is 2. The van der Waals surface area contributed by atoms with Crippen LogP contribution in [0.5, 0.6) is 0 Å². The van der Waals surface area contributed by atoms with E-state index in [2.05, 4.69) is 16.0 Å². The van der Waals surface area contributed by atoms with Crippen LogP contribution in [-0.4, -0.2) is 38.8 Å². The Morgan fingerprint density at radius 1 is 0.967 bits per heavy atom. The van der Waals surface area contributed by atoms with Crippen molar-refractivity contribution >= 4 is 40.2 Å². The maximum atomic E-state index is 12.7. The van der Waals surface area contributed by atoms with Crippen LogP contribution in [0, 0.1) is 0 Å². The maximum absolute atomic E-state index is 12.7. The lowest BCUT2D eigenvalue weighted by Gasteiger charge is -2.20. The number of carbonyl (C=O) groups is 1. The second kappa shape index (κ2) is 8.62. The molecule has 30 heavy (non-hydrogen) atoms. The van der Waals surface area contributed by atoms with Crippen LogP contribution < -0.4 is 0 Å².